The summed E-state index contributed by atoms with van der Waals surface area (Å²) in [5.74, 6) is 1.21. The molecule has 2 atom stereocenters. The van der Waals surface area contributed by atoms with E-state index in [0.29, 0.717) is 16.5 Å². The van der Waals surface area contributed by atoms with Gasteiger partial charge in [0.15, 0.2) is 0 Å². The molecule has 0 amide bonds. The van der Waals surface area contributed by atoms with Gasteiger partial charge in [-0.2, -0.15) is 0 Å². The number of alkyl halides is 1. The molecule has 3 N–H and O–H groups in total. The molecule has 154 valence electrons. The molecule has 0 spiro atoms. The van der Waals surface area contributed by atoms with Gasteiger partial charge in [-0.05, 0) is 35.4 Å². The second kappa shape index (κ2) is 10.3. The van der Waals surface area contributed by atoms with Gasteiger partial charge in [0.05, 0.1) is 17.5 Å². The zero-order valence-electron chi connectivity index (χ0n) is 15.9. The lowest BCUT2D eigenvalue weighted by atomic mass is 9.78. The van der Waals surface area contributed by atoms with Crippen molar-refractivity contribution in [3.05, 3.63) is 58.6 Å². The first kappa shape index (κ1) is 22.8. The van der Waals surface area contributed by atoms with E-state index in [4.69, 9.17) is 37.8 Å². The van der Waals surface area contributed by atoms with Gasteiger partial charge in [0.25, 0.3) is 0 Å². The van der Waals surface area contributed by atoms with Crippen LogP contribution in [0.15, 0.2) is 42.5 Å². The average molecular weight is 429 g/mol. The fourth-order valence-electron chi connectivity index (χ4n) is 2.62. The van der Waals surface area contributed by atoms with Gasteiger partial charge in [-0.3, -0.25) is 0 Å². The maximum Gasteiger partial charge on any atom is 0.138 e. The van der Waals surface area contributed by atoms with Gasteiger partial charge in [0.2, 0.25) is 0 Å². The fraction of sp³-hybridized carbons (Fsp3) is 0.429. The predicted octanol–water partition coefficient (Wildman–Crippen LogP) is 3.38. The molecule has 0 fully saturated rings. The third kappa shape index (κ3) is 6.00. The van der Waals surface area contributed by atoms with Crippen LogP contribution in [0.3, 0.4) is 0 Å². The lowest BCUT2D eigenvalue weighted by Gasteiger charge is -2.27. The number of hydrogen-bond donors (Lipinski definition) is 3. The summed E-state index contributed by atoms with van der Waals surface area (Å²) >= 11 is 11.9. The van der Waals surface area contributed by atoms with Gasteiger partial charge in [0, 0.05) is 5.41 Å². The topological polar surface area (TPSA) is 79.2 Å². The summed E-state index contributed by atoms with van der Waals surface area (Å²) < 4.78 is 11.0. The second-order valence-corrected chi connectivity index (χ2v) is 7.78. The van der Waals surface area contributed by atoms with Crippen LogP contribution < -0.4 is 9.47 Å². The largest absolute Gasteiger partial charge is 0.491 e. The van der Waals surface area contributed by atoms with Crippen molar-refractivity contribution < 1.29 is 24.8 Å². The van der Waals surface area contributed by atoms with Crippen molar-refractivity contribution in [3.63, 3.8) is 0 Å². The van der Waals surface area contributed by atoms with E-state index in [1.807, 2.05) is 36.4 Å². The monoisotopic (exact) mass is 428 g/mol. The first-order valence-corrected chi connectivity index (χ1v) is 9.88. The van der Waals surface area contributed by atoms with Crippen LogP contribution in [-0.2, 0) is 5.41 Å². The molecule has 0 heterocycles. The Hall–Kier alpha value is -1.50. The van der Waals surface area contributed by atoms with Crippen LogP contribution in [0.4, 0.5) is 0 Å². The molecule has 0 aliphatic heterocycles. The lowest BCUT2D eigenvalue weighted by molar-refractivity contribution is 0.0536. The number of aliphatic hydroxyl groups is 3. The molecule has 28 heavy (non-hydrogen) atoms. The van der Waals surface area contributed by atoms with Crippen molar-refractivity contribution in [2.45, 2.75) is 31.5 Å². The molecule has 0 unspecified atom stereocenters. The number of halogens is 2. The Balaban J connectivity index is 2.11. The summed E-state index contributed by atoms with van der Waals surface area (Å²) in [4.78, 5) is 0. The summed E-state index contributed by atoms with van der Waals surface area (Å²) in [6.07, 6.45) is -1.64. The Bertz CT molecular complexity index is 749. The lowest BCUT2D eigenvalue weighted by Crippen LogP contribution is -2.21. The first-order valence-electron chi connectivity index (χ1n) is 8.97. The van der Waals surface area contributed by atoms with Gasteiger partial charge in [-0.1, -0.05) is 43.6 Å². The van der Waals surface area contributed by atoms with Crippen LogP contribution >= 0.6 is 23.2 Å². The summed E-state index contributed by atoms with van der Waals surface area (Å²) in [5, 5.41) is 28.2. The smallest absolute Gasteiger partial charge is 0.138 e. The van der Waals surface area contributed by atoms with Gasteiger partial charge >= 0.3 is 0 Å². The number of ether oxygens (including phenoxy) is 2. The standard InChI is InChI=1S/C21H26Cl2O5/c1-21(2,14-3-6-18(7-4-14)27-13-17(26)11-24)15-5-8-20(19(23)9-15)28-12-16(25)10-22/h3-9,16-17,24-26H,10-13H2,1-2H3/t16-,17+/m0/s1. The second-order valence-electron chi connectivity index (χ2n) is 7.06. The summed E-state index contributed by atoms with van der Waals surface area (Å²) in [6.45, 7) is 3.95. The minimum absolute atomic E-state index is 0.0364. The Morgan fingerprint density at radius 2 is 1.54 bits per heavy atom. The van der Waals surface area contributed by atoms with Crippen LogP contribution in [0.5, 0.6) is 11.5 Å². The van der Waals surface area contributed by atoms with Gasteiger partial charge in [-0.15, -0.1) is 11.6 Å². The van der Waals surface area contributed by atoms with Crippen LogP contribution in [0.1, 0.15) is 25.0 Å². The van der Waals surface area contributed by atoms with E-state index in [9.17, 15) is 10.2 Å². The van der Waals surface area contributed by atoms with Crippen molar-refractivity contribution in [2.24, 2.45) is 0 Å². The summed E-state index contributed by atoms with van der Waals surface area (Å²) in [7, 11) is 0. The highest BCUT2D eigenvalue weighted by atomic mass is 35.5. The van der Waals surface area contributed by atoms with Crippen molar-refractivity contribution in [1.82, 2.24) is 0 Å². The number of rotatable bonds is 10. The van der Waals surface area contributed by atoms with E-state index in [-0.39, 0.29) is 31.1 Å². The zero-order chi connectivity index (χ0) is 20.7. The van der Waals surface area contributed by atoms with E-state index < -0.39 is 12.2 Å². The molecule has 0 aliphatic rings. The molecule has 5 nitrogen and oxygen atoms in total. The third-order valence-electron chi connectivity index (χ3n) is 4.49. The Labute approximate surface area is 175 Å². The van der Waals surface area contributed by atoms with Gasteiger partial charge in [-0.25, -0.2) is 0 Å². The minimum Gasteiger partial charge on any atom is -0.491 e. The van der Waals surface area contributed by atoms with E-state index in [0.717, 1.165) is 11.1 Å². The number of hydrogen-bond acceptors (Lipinski definition) is 5. The molecule has 0 bridgehead atoms. The normalized spacial score (nSPS) is 13.8. The SMILES string of the molecule is CC(C)(c1ccc(OC[C@H](O)CO)cc1)c1ccc(OC[C@@H](O)CCl)c(Cl)c1. The average Bonchev–Trinajstić information content (AvgIpc) is 2.70. The molecule has 2 rings (SSSR count). The highest BCUT2D eigenvalue weighted by Gasteiger charge is 2.24. The van der Waals surface area contributed by atoms with E-state index >= 15 is 0 Å². The van der Waals surface area contributed by atoms with Crippen LogP contribution in [-0.4, -0.2) is 53.2 Å². The highest BCUT2D eigenvalue weighted by Crippen LogP contribution is 2.36. The van der Waals surface area contributed by atoms with Crippen molar-refractivity contribution in [3.8, 4) is 11.5 Å². The van der Waals surface area contributed by atoms with Crippen molar-refractivity contribution >= 4 is 23.2 Å². The minimum atomic E-state index is -0.899. The molecule has 0 saturated carbocycles. The number of benzene rings is 2. The van der Waals surface area contributed by atoms with E-state index in [2.05, 4.69) is 13.8 Å². The Morgan fingerprint density at radius 1 is 0.929 bits per heavy atom. The maximum atomic E-state index is 9.51. The Morgan fingerprint density at radius 3 is 2.11 bits per heavy atom. The van der Waals surface area contributed by atoms with Gasteiger partial charge in [0.1, 0.15) is 36.9 Å². The first-order chi connectivity index (χ1) is 13.3. The molecule has 2 aromatic carbocycles. The predicted molar refractivity (Wildman–Crippen MR) is 111 cm³/mol. The van der Waals surface area contributed by atoms with Crippen LogP contribution in [0.25, 0.3) is 0 Å². The molecular formula is C21H26Cl2O5. The molecule has 0 saturated heterocycles. The summed E-state index contributed by atoms with van der Waals surface area (Å²) in [5.41, 5.74) is 1.75. The molecular weight excluding hydrogens is 403 g/mol. The van der Waals surface area contributed by atoms with Crippen molar-refractivity contribution in [1.29, 1.82) is 0 Å². The quantitative estimate of drug-likeness (QED) is 0.505. The molecule has 0 aromatic heterocycles. The van der Waals surface area contributed by atoms with Crippen LogP contribution in [0.2, 0.25) is 5.02 Å². The highest BCUT2D eigenvalue weighted by molar-refractivity contribution is 6.32. The molecule has 0 radical (unpaired) electrons. The van der Waals surface area contributed by atoms with Crippen molar-refractivity contribution in [2.75, 3.05) is 25.7 Å². The fourth-order valence-corrected chi connectivity index (χ4v) is 2.94. The summed E-state index contributed by atoms with van der Waals surface area (Å²) in [6, 6.07) is 13.1. The van der Waals surface area contributed by atoms with Crippen LogP contribution in [0, 0.1) is 0 Å². The third-order valence-corrected chi connectivity index (χ3v) is 5.14. The molecule has 2 aromatic rings. The Kier molecular flexibility index (Phi) is 8.40. The van der Waals surface area contributed by atoms with E-state index in [1.54, 1.807) is 6.07 Å². The molecule has 0 aliphatic carbocycles. The van der Waals surface area contributed by atoms with E-state index in [1.165, 1.54) is 0 Å². The molecule has 7 heteroatoms. The zero-order valence-corrected chi connectivity index (χ0v) is 17.5. The maximum absolute atomic E-state index is 9.51. The number of aliphatic hydroxyl groups excluding tert-OH is 3. The van der Waals surface area contributed by atoms with Gasteiger partial charge < -0.3 is 24.8 Å².